The molecule has 2 heterocycles. The molecule has 0 bridgehead atoms. The molecular weight excluding hydrogens is 420 g/mol. The Hall–Kier alpha value is -3.40. The number of pyridine rings is 1. The summed E-state index contributed by atoms with van der Waals surface area (Å²) in [4.78, 5) is 41.2. The van der Waals surface area contributed by atoms with E-state index < -0.39 is 24.5 Å². The largest absolute Gasteiger partial charge is 0.466 e. The van der Waals surface area contributed by atoms with Gasteiger partial charge in [0.05, 0.1) is 24.1 Å². The highest BCUT2D eigenvalue weighted by Gasteiger charge is 2.25. The van der Waals surface area contributed by atoms with Crippen LogP contribution in [0.4, 0.5) is 5.13 Å². The molecule has 1 aromatic carbocycles. The molecule has 4 rings (SSSR count). The van der Waals surface area contributed by atoms with Crippen LogP contribution in [0.15, 0.2) is 24.3 Å². The lowest BCUT2D eigenvalue weighted by molar-refractivity contribution is -0.142. The van der Waals surface area contributed by atoms with Crippen LogP contribution in [0, 0.1) is 0 Å². The molecule has 1 amide bonds. The second-order valence-electron chi connectivity index (χ2n) is 6.89. The molecule has 0 unspecified atom stereocenters. The van der Waals surface area contributed by atoms with Crippen LogP contribution in [0.3, 0.4) is 0 Å². The van der Waals surface area contributed by atoms with E-state index in [0.717, 1.165) is 52.8 Å². The van der Waals surface area contributed by atoms with E-state index in [1.165, 1.54) is 0 Å². The Morgan fingerprint density at radius 2 is 1.97 bits per heavy atom. The number of para-hydroxylation sites is 1. The maximum Gasteiger partial charge on any atom is 0.339 e. The molecule has 31 heavy (non-hydrogen) atoms. The van der Waals surface area contributed by atoms with Gasteiger partial charge in [0.2, 0.25) is 5.13 Å². The van der Waals surface area contributed by atoms with E-state index in [-0.39, 0.29) is 18.2 Å². The number of amides is 1. The van der Waals surface area contributed by atoms with Gasteiger partial charge in [-0.25, -0.2) is 4.79 Å². The SMILES string of the molecule is CCOC(=O)Cc1nnc(NC(=O)COC(=O)c2c3c(nc4ccccc24)CCC3)s1. The van der Waals surface area contributed by atoms with Crippen molar-refractivity contribution in [2.75, 3.05) is 18.5 Å². The Bertz CT molecular complexity index is 1160. The number of fused-ring (bicyclic) bond motifs is 2. The lowest BCUT2D eigenvalue weighted by Gasteiger charge is -2.11. The van der Waals surface area contributed by atoms with E-state index in [1.54, 1.807) is 6.92 Å². The Labute approximate surface area is 181 Å². The topological polar surface area (TPSA) is 120 Å². The zero-order valence-corrected chi connectivity index (χ0v) is 17.7. The fourth-order valence-electron chi connectivity index (χ4n) is 3.51. The number of carbonyl (C=O) groups excluding carboxylic acids is 3. The number of hydrogen-bond donors (Lipinski definition) is 1. The minimum atomic E-state index is -0.549. The summed E-state index contributed by atoms with van der Waals surface area (Å²) in [6, 6.07) is 7.42. The van der Waals surface area contributed by atoms with Crippen LogP contribution in [-0.4, -0.2) is 46.2 Å². The van der Waals surface area contributed by atoms with E-state index in [9.17, 15) is 14.4 Å². The average molecular weight is 440 g/mol. The van der Waals surface area contributed by atoms with E-state index in [0.29, 0.717) is 10.6 Å². The molecule has 3 aromatic rings. The number of carbonyl (C=O) groups is 3. The standard InChI is InChI=1S/C21H20N4O5S/c1-2-29-18(27)10-17-24-25-21(31-17)23-16(26)11-30-20(28)19-12-6-3-4-8-14(12)22-15-9-5-7-13(15)19/h3-4,6,8H,2,5,7,9-11H2,1H3,(H,23,25,26). The fraction of sp³-hybridized carbons (Fsp3) is 0.333. The van der Waals surface area contributed by atoms with Gasteiger partial charge in [0.1, 0.15) is 5.01 Å². The number of aromatic nitrogens is 3. The molecule has 0 fully saturated rings. The van der Waals surface area contributed by atoms with Crippen LogP contribution in [-0.2, 0) is 38.3 Å². The minimum Gasteiger partial charge on any atom is -0.466 e. The van der Waals surface area contributed by atoms with Crippen molar-refractivity contribution in [3.63, 3.8) is 0 Å². The zero-order chi connectivity index (χ0) is 21.8. The highest BCUT2D eigenvalue weighted by atomic mass is 32.1. The van der Waals surface area contributed by atoms with Gasteiger partial charge < -0.3 is 9.47 Å². The molecule has 0 saturated heterocycles. The number of hydrogen-bond acceptors (Lipinski definition) is 9. The summed E-state index contributed by atoms with van der Waals surface area (Å²) in [7, 11) is 0. The zero-order valence-electron chi connectivity index (χ0n) is 16.8. The second kappa shape index (κ2) is 9.17. The van der Waals surface area contributed by atoms with Gasteiger partial charge in [-0.3, -0.25) is 19.9 Å². The molecule has 10 heteroatoms. The van der Waals surface area contributed by atoms with Crippen molar-refractivity contribution < 1.29 is 23.9 Å². The number of esters is 2. The van der Waals surface area contributed by atoms with Crippen molar-refractivity contribution in [3.8, 4) is 0 Å². The van der Waals surface area contributed by atoms with Gasteiger partial charge in [-0.05, 0) is 37.8 Å². The van der Waals surface area contributed by atoms with Crippen molar-refractivity contribution in [1.82, 2.24) is 15.2 Å². The van der Waals surface area contributed by atoms with Crippen molar-refractivity contribution in [2.24, 2.45) is 0 Å². The van der Waals surface area contributed by atoms with E-state index >= 15 is 0 Å². The molecule has 0 radical (unpaired) electrons. The summed E-state index contributed by atoms with van der Waals surface area (Å²) in [6.07, 6.45) is 2.51. The highest BCUT2D eigenvalue weighted by Crippen LogP contribution is 2.30. The van der Waals surface area contributed by atoms with E-state index in [2.05, 4.69) is 20.5 Å². The van der Waals surface area contributed by atoms with Gasteiger partial charge in [-0.2, -0.15) is 0 Å². The smallest absolute Gasteiger partial charge is 0.339 e. The van der Waals surface area contributed by atoms with Gasteiger partial charge in [0.25, 0.3) is 5.91 Å². The van der Waals surface area contributed by atoms with E-state index in [4.69, 9.17) is 9.47 Å². The number of ether oxygens (including phenoxy) is 2. The molecular formula is C21H20N4O5S. The Morgan fingerprint density at radius 3 is 2.81 bits per heavy atom. The summed E-state index contributed by atoms with van der Waals surface area (Å²) in [5.41, 5.74) is 3.04. The summed E-state index contributed by atoms with van der Waals surface area (Å²) in [6.45, 7) is 1.54. The number of nitrogens with zero attached hydrogens (tertiary/aromatic N) is 3. The normalized spacial score (nSPS) is 12.4. The second-order valence-corrected chi connectivity index (χ2v) is 7.95. The van der Waals surface area contributed by atoms with Crippen molar-refractivity contribution in [3.05, 3.63) is 46.1 Å². The molecule has 0 saturated carbocycles. The van der Waals surface area contributed by atoms with Gasteiger partial charge >= 0.3 is 11.9 Å². The monoisotopic (exact) mass is 440 g/mol. The molecule has 0 aliphatic heterocycles. The third-order valence-electron chi connectivity index (χ3n) is 4.77. The number of aryl methyl sites for hydroxylation is 1. The van der Waals surface area contributed by atoms with Crippen molar-refractivity contribution >= 4 is 45.2 Å². The first-order valence-electron chi connectivity index (χ1n) is 9.90. The Morgan fingerprint density at radius 1 is 1.13 bits per heavy atom. The third-order valence-corrected chi connectivity index (χ3v) is 5.61. The Kier molecular flexibility index (Phi) is 6.17. The van der Waals surface area contributed by atoms with Crippen LogP contribution < -0.4 is 5.32 Å². The van der Waals surface area contributed by atoms with Crippen molar-refractivity contribution in [1.29, 1.82) is 0 Å². The molecule has 160 valence electrons. The predicted octanol–water partition coefficient (Wildman–Crippen LogP) is 2.48. The third kappa shape index (κ3) is 4.69. The quantitative estimate of drug-likeness (QED) is 0.556. The van der Waals surface area contributed by atoms with Gasteiger partial charge in [-0.1, -0.05) is 29.5 Å². The molecule has 2 aromatic heterocycles. The molecule has 9 nitrogen and oxygen atoms in total. The lowest BCUT2D eigenvalue weighted by atomic mass is 10.0. The van der Waals surface area contributed by atoms with Crippen molar-refractivity contribution in [2.45, 2.75) is 32.6 Å². The van der Waals surface area contributed by atoms with Crippen LogP contribution in [0.25, 0.3) is 10.9 Å². The summed E-state index contributed by atoms with van der Waals surface area (Å²) in [5, 5.41) is 11.6. The first-order chi connectivity index (χ1) is 15.0. The average Bonchev–Trinajstić information content (AvgIpc) is 3.39. The maximum atomic E-state index is 12.9. The molecule has 1 N–H and O–H groups in total. The van der Waals surface area contributed by atoms with Crippen LogP contribution in [0.1, 0.15) is 40.0 Å². The lowest BCUT2D eigenvalue weighted by Crippen LogP contribution is -2.21. The van der Waals surface area contributed by atoms with Gasteiger partial charge in [0, 0.05) is 11.1 Å². The molecule has 0 atom stereocenters. The van der Waals surface area contributed by atoms with Crippen LogP contribution >= 0.6 is 11.3 Å². The molecule has 1 aliphatic rings. The molecule has 1 aliphatic carbocycles. The minimum absolute atomic E-state index is 0.0173. The first kappa shape index (κ1) is 20.9. The summed E-state index contributed by atoms with van der Waals surface area (Å²) in [5.74, 6) is -1.50. The summed E-state index contributed by atoms with van der Waals surface area (Å²) >= 11 is 1.06. The number of anilines is 1. The highest BCUT2D eigenvalue weighted by molar-refractivity contribution is 7.15. The van der Waals surface area contributed by atoms with Gasteiger partial charge in [-0.15, -0.1) is 10.2 Å². The summed E-state index contributed by atoms with van der Waals surface area (Å²) < 4.78 is 10.2. The molecule has 0 spiro atoms. The predicted molar refractivity (Wildman–Crippen MR) is 113 cm³/mol. The Balaban J connectivity index is 1.40. The maximum absolute atomic E-state index is 12.9. The van der Waals surface area contributed by atoms with Crippen LogP contribution in [0.2, 0.25) is 0 Å². The number of rotatable bonds is 7. The van der Waals surface area contributed by atoms with Gasteiger partial charge in [0.15, 0.2) is 6.61 Å². The number of nitrogens with one attached hydrogen (secondary N) is 1. The first-order valence-corrected chi connectivity index (χ1v) is 10.7. The fourth-order valence-corrected chi connectivity index (χ4v) is 4.26. The van der Waals surface area contributed by atoms with Crippen LogP contribution in [0.5, 0.6) is 0 Å². The number of benzene rings is 1. The van der Waals surface area contributed by atoms with E-state index in [1.807, 2.05) is 24.3 Å².